The Kier molecular flexibility index (Phi) is 6.17. The Morgan fingerprint density at radius 3 is 2.91 bits per heavy atom. The van der Waals surface area contributed by atoms with Gasteiger partial charge in [-0.3, -0.25) is 9.88 Å². The highest BCUT2D eigenvalue weighted by atomic mass is 32.1. The first kappa shape index (κ1) is 22.0. The molecule has 0 aliphatic carbocycles. The Hall–Kier alpha value is -2.77. The molecule has 1 atom stereocenters. The third kappa shape index (κ3) is 4.52. The first-order valence-corrected chi connectivity index (χ1v) is 12.4. The molecular formula is C26H30FN5S. The molecule has 4 heterocycles. The number of anilines is 1. The number of pyridine rings is 1. The van der Waals surface area contributed by atoms with Crippen LogP contribution in [-0.2, 0) is 6.42 Å². The van der Waals surface area contributed by atoms with E-state index in [0.717, 1.165) is 70.0 Å². The molecule has 0 amide bonds. The molecule has 1 saturated heterocycles. The Bertz CT molecular complexity index is 1270. The minimum absolute atomic E-state index is 0.163. The van der Waals surface area contributed by atoms with E-state index in [1.54, 1.807) is 23.5 Å². The molecule has 5 rings (SSSR count). The van der Waals surface area contributed by atoms with Crippen LogP contribution in [0.3, 0.4) is 0 Å². The fourth-order valence-electron chi connectivity index (χ4n) is 4.62. The van der Waals surface area contributed by atoms with E-state index in [0.29, 0.717) is 12.0 Å². The van der Waals surface area contributed by atoms with Crippen LogP contribution < -0.4 is 15.9 Å². The summed E-state index contributed by atoms with van der Waals surface area (Å²) in [5, 5.41) is 7.78. The van der Waals surface area contributed by atoms with Gasteiger partial charge in [-0.1, -0.05) is 26.0 Å². The van der Waals surface area contributed by atoms with Crippen LogP contribution in [0.1, 0.15) is 42.5 Å². The Morgan fingerprint density at radius 1 is 1.21 bits per heavy atom. The van der Waals surface area contributed by atoms with Crippen molar-refractivity contribution in [2.75, 3.05) is 32.0 Å². The second-order valence-corrected chi connectivity index (χ2v) is 10.2. The van der Waals surface area contributed by atoms with Crippen LogP contribution in [0.2, 0.25) is 0 Å². The predicted molar refractivity (Wildman–Crippen MR) is 133 cm³/mol. The monoisotopic (exact) mass is 463 g/mol. The smallest absolute Gasteiger partial charge is 0.124 e. The topological polar surface area (TPSA) is 44.3 Å². The molecule has 1 N–H and O–H groups in total. The van der Waals surface area contributed by atoms with Crippen molar-refractivity contribution >= 4 is 28.2 Å². The van der Waals surface area contributed by atoms with Crippen molar-refractivity contribution in [2.24, 2.45) is 0 Å². The zero-order valence-corrected chi connectivity index (χ0v) is 20.2. The highest BCUT2D eigenvalue weighted by Gasteiger charge is 2.30. The van der Waals surface area contributed by atoms with Gasteiger partial charge in [-0.25, -0.2) is 9.37 Å². The van der Waals surface area contributed by atoms with Crippen LogP contribution >= 0.6 is 11.3 Å². The predicted octanol–water partition coefficient (Wildman–Crippen LogP) is 3.37. The van der Waals surface area contributed by atoms with Crippen molar-refractivity contribution in [3.63, 3.8) is 0 Å². The summed E-state index contributed by atoms with van der Waals surface area (Å²) in [6, 6.07) is 11.4. The molecule has 3 aromatic rings. The number of hydrogen-bond donors (Lipinski definition) is 1. The molecule has 2 aliphatic rings. The molecule has 0 saturated carbocycles. The summed E-state index contributed by atoms with van der Waals surface area (Å²) in [4.78, 5) is 14.8. The van der Waals surface area contributed by atoms with Crippen molar-refractivity contribution in [3.8, 4) is 0 Å². The molecule has 0 spiro atoms. The van der Waals surface area contributed by atoms with E-state index in [1.165, 1.54) is 6.07 Å². The van der Waals surface area contributed by atoms with Crippen LogP contribution in [-0.4, -0.2) is 52.5 Å². The molecule has 0 radical (unpaired) electrons. The lowest BCUT2D eigenvalue weighted by Crippen LogP contribution is -2.52. The van der Waals surface area contributed by atoms with Crippen molar-refractivity contribution in [1.29, 1.82) is 0 Å². The number of nitrogens with one attached hydrogen (secondary N) is 1. The molecule has 1 aromatic carbocycles. The summed E-state index contributed by atoms with van der Waals surface area (Å²) >= 11 is 1.73. The number of fused-ring (bicyclic) bond motifs is 2. The molecule has 7 heteroatoms. The standard InChI is InChI=1S/C26H30FN5S/c1-17(2)25-30-23-24(22-19(7-5-11-28-22)15-29-26(23)33-25)32-13-12-31(3)21(16-32)10-9-18-6-4-8-20(27)14-18/h4-8,11,14-15,17,21,29H,9-10,12-13,16H2,1-3H3. The number of rotatable bonds is 5. The number of aryl methyl sites for hydroxylation is 1. The van der Waals surface area contributed by atoms with Crippen molar-refractivity contribution in [1.82, 2.24) is 19.8 Å². The number of hydrogen-bond acceptors (Lipinski definition) is 6. The minimum atomic E-state index is -0.163. The summed E-state index contributed by atoms with van der Waals surface area (Å²) in [6.45, 7) is 7.16. The molecule has 172 valence electrons. The van der Waals surface area contributed by atoms with Gasteiger partial charge in [0.2, 0.25) is 0 Å². The van der Waals surface area contributed by atoms with E-state index in [-0.39, 0.29) is 5.82 Å². The maximum Gasteiger partial charge on any atom is 0.124 e. The number of nitrogens with zero attached hydrogens (tertiary/aromatic N) is 4. The second-order valence-electron chi connectivity index (χ2n) is 9.21. The van der Waals surface area contributed by atoms with Crippen molar-refractivity contribution in [2.45, 2.75) is 38.6 Å². The first-order valence-electron chi connectivity index (χ1n) is 11.6. The Labute approximate surface area is 198 Å². The average Bonchev–Trinajstić information content (AvgIpc) is 3.16. The van der Waals surface area contributed by atoms with Crippen LogP contribution in [0.4, 0.5) is 9.39 Å². The number of halogens is 1. The third-order valence-electron chi connectivity index (χ3n) is 6.53. The third-order valence-corrected chi connectivity index (χ3v) is 7.82. The highest BCUT2D eigenvalue weighted by Crippen LogP contribution is 2.35. The number of piperazine rings is 1. The molecule has 33 heavy (non-hydrogen) atoms. The number of likely N-dealkylation sites (N-methyl/N-ethyl adjacent to an activating group) is 1. The molecule has 5 nitrogen and oxygen atoms in total. The van der Waals surface area contributed by atoms with E-state index in [2.05, 4.69) is 42.1 Å². The van der Waals surface area contributed by atoms with Gasteiger partial charge < -0.3 is 10.2 Å². The van der Waals surface area contributed by atoms with Gasteiger partial charge in [0, 0.05) is 49.2 Å². The quantitative estimate of drug-likeness (QED) is 0.629. The molecule has 0 bridgehead atoms. The van der Waals surface area contributed by atoms with E-state index in [1.807, 2.05) is 24.5 Å². The van der Waals surface area contributed by atoms with Crippen LogP contribution in [0, 0.1) is 5.82 Å². The van der Waals surface area contributed by atoms with Crippen molar-refractivity contribution in [3.05, 3.63) is 75.2 Å². The van der Waals surface area contributed by atoms with E-state index in [4.69, 9.17) is 9.97 Å². The molecular weight excluding hydrogens is 433 g/mol. The van der Waals surface area contributed by atoms with E-state index in [9.17, 15) is 4.39 Å². The Balaban J connectivity index is 1.49. The Morgan fingerprint density at radius 2 is 2.09 bits per heavy atom. The normalized spacial score (nSPS) is 18.4. The van der Waals surface area contributed by atoms with Crippen LogP contribution in [0.5, 0.6) is 0 Å². The zero-order chi connectivity index (χ0) is 22.9. The van der Waals surface area contributed by atoms with Gasteiger partial charge in [0.15, 0.2) is 0 Å². The highest BCUT2D eigenvalue weighted by molar-refractivity contribution is 7.16. The van der Waals surface area contributed by atoms with Gasteiger partial charge in [-0.05, 0) is 49.7 Å². The van der Waals surface area contributed by atoms with Gasteiger partial charge in [0.25, 0.3) is 0 Å². The fourth-order valence-corrected chi connectivity index (χ4v) is 5.55. The lowest BCUT2D eigenvalue weighted by Gasteiger charge is -2.41. The summed E-state index contributed by atoms with van der Waals surface area (Å²) in [6.07, 6.45) is 5.75. The van der Waals surface area contributed by atoms with Crippen molar-refractivity contribution < 1.29 is 4.39 Å². The number of aromatic nitrogens is 2. The van der Waals surface area contributed by atoms with Gasteiger partial charge in [-0.15, -0.1) is 11.3 Å². The maximum atomic E-state index is 13.6. The van der Waals surface area contributed by atoms with E-state index >= 15 is 0 Å². The summed E-state index contributed by atoms with van der Waals surface area (Å²) in [5.74, 6) is 0.211. The van der Waals surface area contributed by atoms with Crippen LogP contribution in [0.25, 0.3) is 11.9 Å². The molecule has 1 unspecified atom stereocenters. The summed E-state index contributed by atoms with van der Waals surface area (Å²) in [5.41, 5.74) is 3.18. The maximum absolute atomic E-state index is 13.6. The molecule has 2 aliphatic heterocycles. The van der Waals surface area contributed by atoms with Gasteiger partial charge >= 0.3 is 0 Å². The lowest BCUT2D eigenvalue weighted by atomic mass is 10.0. The van der Waals surface area contributed by atoms with Crippen LogP contribution in [0.15, 0.2) is 42.6 Å². The lowest BCUT2D eigenvalue weighted by molar-refractivity contribution is 0.127. The zero-order valence-electron chi connectivity index (χ0n) is 19.4. The van der Waals surface area contributed by atoms with Gasteiger partial charge in [0.1, 0.15) is 16.5 Å². The van der Waals surface area contributed by atoms with Gasteiger partial charge in [0.05, 0.1) is 16.1 Å². The molecule has 2 aromatic heterocycles. The molecule has 1 fully saturated rings. The largest absolute Gasteiger partial charge is 0.365 e. The average molecular weight is 464 g/mol. The summed E-state index contributed by atoms with van der Waals surface area (Å²) < 4.78 is 13.6. The minimum Gasteiger partial charge on any atom is -0.365 e. The van der Waals surface area contributed by atoms with Gasteiger partial charge in [-0.2, -0.15) is 0 Å². The number of benzene rings is 1. The number of thiazole rings is 1. The van der Waals surface area contributed by atoms with E-state index < -0.39 is 0 Å². The summed E-state index contributed by atoms with van der Waals surface area (Å²) in [7, 11) is 2.19. The first-order chi connectivity index (χ1) is 16.0. The second kappa shape index (κ2) is 9.23. The SMILES string of the molecule is CC(C)c1nc2c(s1)NC=c1cccnc1=C2N1CCN(C)C(CCc2cccc(F)c2)C1. The fraction of sp³-hybridized carbons (Fsp3) is 0.385.